The molecule has 7 atom stereocenters. The highest BCUT2D eigenvalue weighted by Gasteiger charge is 2.79. The minimum Gasteiger partial charge on any atom is -0.380 e. The van der Waals surface area contributed by atoms with Crippen LogP contribution < -0.4 is 0 Å². The molecule has 5 saturated carbocycles. The molecule has 4 heteroatoms. The molecule has 5 aliphatic carbocycles. The second-order valence-corrected chi connectivity index (χ2v) is 9.92. The molecule has 3 unspecified atom stereocenters. The van der Waals surface area contributed by atoms with Crippen LogP contribution in [0.1, 0.15) is 51.9 Å². The van der Waals surface area contributed by atoms with E-state index in [4.69, 9.17) is 9.47 Å². The van der Waals surface area contributed by atoms with Crippen LogP contribution in [0.2, 0.25) is 0 Å². The van der Waals surface area contributed by atoms with Gasteiger partial charge in [-0.25, -0.2) is 0 Å². The van der Waals surface area contributed by atoms with Gasteiger partial charge in [-0.2, -0.15) is 0 Å². The van der Waals surface area contributed by atoms with Gasteiger partial charge in [0.2, 0.25) is 0 Å². The van der Waals surface area contributed by atoms with E-state index in [0.717, 1.165) is 45.3 Å². The summed E-state index contributed by atoms with van der Waals surface area (Å²) < 4.78 is 11.8. The van der Waals surface area contributed by atoms with E-state index in [-0.39, 0.29) is 28.3 Å². The van der Waals surface area contributed by atoms with Crippen molar-refractivity contribution in [1.82, 2.24) is 0 Å². The van der Waals surface area contributed by atoms with Crippen LogP contribution in [0, 0.1) is 34.0 Å². The molecule has 0 aromatic rings. The number of ether oxygens (including phenoxy) is 2. The number of Topliss-reactive ketones (excluding diaryl/α,β-unsaturated/α-hetero) is 2. The molecule has 0 N–H and O–H groups in total. The van der Waals surface area contributed by atoms with Crippen LogP contribution in [-0.2, 0) is 19.1 Å². The van der Waals surface area contributed by atoms with Crippen LogP contribution in [-0.4, -0.2) is 37.0 Å². The second kappa shape index (κ2) is 3.98. The zero-order chi connectivity index (χ0) is 16.4. The summed E-state index contributed by atoms with van der Waals surface area (Å²) in [6.45, 7) is 4.44. The van der Waals surface area contributed by atoms with E-state index in [9.17, 15) is 9.59 Å². The third-order valence-electron chi connectivity index (χ3n) is 9.22. The van der Waals surface area contributed by atoms with Crippen LogP contribution >= 0.6 is 0 Å². The van der Waals surface area contributed by atoms with Crippen molar-refractivity contribution >= 4 is 11.6 Å². The van der Waals surface area contributed by atoms with Crippen molar-refractivity contribution in [2.75, 3.05) is 19.8 Å². The summed E-state index contributed by atoms with van der Waals surface area (Å²) in [5, 5.41) is 0. The number of epoxide rings is 1. The number of hydrogen-bond acceptors (Lipinski definition) is 4. The largest absolute Gasteiger partial charge is 0.380 e. The molecule has 4 nitrogen and oxygen atoms in total. The average Bonchev–Trinajstić information content (AvgIpc) is 3.34. The SMILES string of the molecule is C[C@]12CCC[C@]3(COC1)C2CC(=O)[C@@]12CC[C@@H](CC13)C1(CO1)C2=O. The van der Waals surface area contributed by atoms with Crippen LogP contribution in [0.25, 0.3) is 0 Å². The third-order valence-corrected chi connectivity index (χ3v) is 9.22. The van der Waals surface area contributed by atoms with Gasteiger partial charge in [-0.3, -0.25) is 9.59 Å². The van der Waals surface area contributed by atoms with Gasteiger partial charge in [-0.15, -0.1) is 0 Å². The maximum atomic E-state index is 13.5. The van der Waals surface area contributed by atoms with Gasteiger partial charge in [0, 0.05) is 11.8 Å². The molecule has 7 aliphatic rings. The molecule has 0 amide bonds. The van der Waals surface area contributed by atoms with Crippen molar-refractivity contribution < 1.29 is 19.1 Å². The van der Waals surface area contributed by atoms with Crippen molar-refractivity contribution in [3.05, 3.63) is 0 Å². The summed E-state index contributed by atoms with van der Waals surface area (Å²) in [5.41, 5.74) is -1.12. The minimum atomic E-state index is -0.735. The Bertz CT molecular complexity index is 653. The Morgan fingerprint density at radius 2 is 1.88 bits per heavy atom. The first-order valence-corrected chi connectivity index (χ1v) is 9.78. The number of carbonyl (C=O) groups excluding carboxylic acids is 2. The fourth-order valence-electron chi connectivity index (χ4n) is 8.09. The Hall–Kier alpha value is -0.740. The highest BCUT2D eigenvalue weighted by atomic mass is 16.6. The topological polar surface area (TPSA) is 55.9 Å². The van der Waals surface area contributed by atoms with Gasteiger partial charge in [0.05, 0.1) is 25.2 Å². The lowest BCUT2D eigenvalue weighted by molar-refractivity contribution is -0.243. The fourth-order valence-corrected chi connectivity index (χ4v) is 8.09. The molecule has 2 heterocycles. The Morgan fingerprint density at radius 1 is 1.04 bits per heavy atom. The minimum absolute atomic E-state index is 0.0595. The molecule has 7 fully saturated rings. The standard InChI is InChI=1S/C20H26O4/c1-17-4-2-5-18(10-23-9-17)13(17)8-15(21)19-6-3-12(7-14(18)19)20(11-24-20)16(19)22/h12-14H,2-11H2,1H3/t12-,13?,14?,17-,18-,19+,20?/m0/s1. The van der Waals surface area contributed by atoms with Gasteiger partial charge in [0.15, 0.2) is 11.4 Å². The quantitative estimate of drug-likeness (QED) is 0.506. The molecule has 24 heavy (non-hydrogen) atoms. The fraction of sp³-hybridized carbons (Fsp3) is 0.900. The predicted molar refractivity (Wildman–Crippen MR) is 85.3 cm³/mol. The van der Waals surface area contributed by atoms with E-state index in [1.807, 2.05) is 0 Å². The monoisotopic (exact) mass is 330 g/mol. The van der Waals surface area contributed by atoms with Crippen LogP contribution in [0.4, 0.5) is 0 Å². The number of carbonyl (C=O) groups is 2. The summed E-state index contributed by atoms with van der Waals surface area (Å²) in [5.74, 6) is 1.38. The van der Waals surface area contributed by atoms with Gasteiger partial charge in [-0.05, 0) is 55.3 Å². The number of hydrogen-bond donors (Lipinski definition) is 0. The normalized spacial score (nSPS) is 60.8. The molecule has 0 radical (unpaired) electrons. The Labute approximate surface area is 142 Å². The van der Waals surface area contributed by atoms with E-state index < -0.39 is 11.0 Å². The second-order valence-electron chi connectivity index (χ2n) is 9.92. The molecule has 2 saturated heterocycles. The van der Waals surface area contributed by atoms with Crippen molar-refractivity contribution in [2.24, 2.45) is 34.0 Å². The number of rotatable bonds is 0. The van der Waals surface area contributed by atoms with Crippen molar-refractivity contribution in [3.63, 3.8) is 0 Å². The lowest BCUT2D eigenvalue weighted by Gasteiger charge is -2.69. The maximum Gasteiger partial charge on any atom is 0.181 e. The van der Waals surface area contributed by atoms with E-state index in [2.05, 4.69) is 6.92 Å². The Morgan fingerprint density at radius 3 is 2.67 bits per heavy atom. The highest BCUT2D eigenvalue weighted by molar-refractivity contribution is 6.13. The summed E-state index contributed by atoms with van der Waals surface area (Å²) in [4.78, 5) is 26.9. The lowest BCUT2D eigenvalue weighted by atomic mass is 9.35. The summed E-state index contributed by atoms with van der Waals surface area (Å²) >= 11 is 0. The molecular formula is C20H26O4. The van der Waals surface area contributed by atoms with Gasteiger partial charge in [0.25, 0.3) is 0 Å². The molecular weight excluding hydrogens is 304 g/mol. The average molecular weight is 330 g/mol. The first-order chi connectivity index (χ1) is 11.5. The van der Waals surface area contributed by atoms with Gasteiger partial charge < -0.3 is 9.47 Å². The molecule has 7 rings (SSSR count). The zero-order valence-corrected chi connectivity index (χ0v) is 14.4. The summed E-state index contributed by atoms with van der Waals surface area (Å²) in [6.07, 6.45) is 6.90. The predicted octanol–water partition coefficient (Wildman–Crippen LogP) is 2.54. The van der Waals surface area contributed by atoms with E-state index >= 15 is 0 Å². The van der Waals surface area contributed by atoms with Crippen molar-refractivity contribution in [3.8, 4) is 0 Å². The lowest BCUT2D eigenvalue weighted by Crippen LogP contribution is -2.73. The van der Waals surface area contributed by atoms with E-state index in [1.54, 1.807) is 0 Å². The molecule has 2 spiro atoms. The summed E-state index contributed by atoms with van der Waals surface area (Å²) in [7, 11) is 0. The molecule has 2 aliphatic heterocycles. The van der Waals surface area contributed by atoms with Crippen LogP contribution in [0.5, 0.6) is 0 Å². The molecule has 130 valence electrons. The van der Waals surface area contributed by atoms with E-state index in [1.165, 1.54) is 6.42 Å². The maximum absolute atomic E-state index is 13.5. The smallest absolute Gasteiger partial charge is 0.181 e. The van der Waals surface area contributed by atoms with Gasteiger partial charge >= 0.3 is 0 Å². The highest BCUT2D eigenvalue weighted by Crippen LogP contribution is 2.73. The Kier molecular flexibility index (Phi) is 2.40. The summed E-state index contributed by atoms with van der Waals surface area (Å²) in [6, 6.07) is 0. The first kappa shape index (κ1) is 14.4. The van der Waals surface area contributed by atoms with Gasteiger partial charge in [0.1, 0.15) is 5.78 Å². The van der Waals surface area contributed by atoms with Gasteiger partial charge in [-0.1, -0.05) is 13.3 Å². The van der Waals surface area contributed by atoms with E-state index in [0.29, 0.717) is 24.9 Å². The first-order valence-electron chi connectivity index (χ1n) is 9.78. The third kappa shape index (κ3) is 1.29. The van der Waals surface area contributed by atoms with Crippen molar-refractivity contribution in [1.29, 1.82) is 0 Å². The molecule has 0 aromatic carbocycles. The number of fused-ring (bicyclic) bond motifs is 1. The zero-order valence-electron chi connectivity index (χ0n) is 14.4. The number of ketones is 2. The van der Waals surface area contributed by atoms with Crippen LogP contribution in [0.3, 0.4) is 0 Å². The van der Waals surface area contributed by atoms with Crippen LogP contribution in [0.15, 0.2) is 0 Å². The molecule has 4 bridgehead atoms. The van der Waals surface area contributed by atoms with Crippen molar-refractivity contribution in [2.45, 2.75) is 57.5 Å². The molecule has 0 aromatic heterocycles. The Balaban J connectivity index is 1.54.